The van der Waals surface area contributed by atoms with Gasteiger partial charge in [0.2, 0.25) is 0 Å². The molecule has 1 rings (SSSR count). The molecule has 0 aromatic heterocycles. The van der Waals surface area contributed by atoms with Gasteiger partial charge in [0.25, 0.3) is 0 Å². The van der Waals surface area contributed by atoms with Crippen LogP contribution in [0.4, 0.5) is 17.7 Å². The standard InChI is InChI=1S/C9H16BF3NO2/c1-8(2,3)16-7(15)14-5-9(4,6-14)10(11,12)13/h5-6H2,1-4H3/q-1. The Labute approximate surface area is 93.0 Å². The van der Waals surface area contributed by atoms with Crippen LogP contribution in [0.15, 0.2) is 0 Å². The summed E-state index contributed by atoms with van der Waals surface area (Å²) in [5, 5.41) is -1.73. The number of carbonyl (C=O) groups is 1. The summed E-state index contributed by atoms with van der Waals surface area (Å²) in [6.07, 6.45) is -0.676. The summed E-state index contributed by atoms with van der Waals surface area (Å²) in [6.45, 7) is 0.655. The molecule has 1 aliphatic heterocycles. The highest BCUT2D eigenvalue weighted by Gasteiger charge is 2.55. The topological polar surface area (TPSA) is 29.5 Å². The van der Waals surface area contributed by atoms with E-state index in [1.807, 2.05) is 0 Å². The summed E-state index contributed by atoms with van der Waals surface area (Å²) >= 11 is 0. The van der Waals surface area contributed by atoms with E-state index in [2.05, 4.69) is 0 Å². The second-order valence-electron chi connectivity index (χ2n) is 5.57. The largest absolute Gasteiger partial charge is 0.487 e. The van der Waals surface area contributed by atoms with E-state index in [1.54, 1.807) is 20.8 Å². The Bertz CT molecular complexity index is 292. The smallest absolute Gasteiger partial charge is 0.448 e. The second-order valence-corrected chi connectivity index (χ2v) is 5.57. The lowest BCUT2D eigenvalue weighted by molar-refractivity contribution is -0.000867. The van der Waals surface area contributed by atoms with E-state index in [1.165, 1.54) is 0 Å². The molecule has 0 atom stereocenters. The molecular formula is C9H16BF3NO2-. The predicted molar refractivity (Wildman–Crippen MR) is 55.3 cm³/mol. The molecule has 1 saturated heterocycles. The van der Waals surface area contributed by atoms with Crippen molar-refractivity contribution in [3.8, 4) is 0 Å². The third-order valence-corrected chi connectivity index (χ3v) is 2.55. The van der Waals surface area contributed by atoms with Crippen molar-refractivity contribution in [3.05, 3.63) is 0 Å². The number of rotatable bonds is 1. The maximum absolute atomic E-state index is 12.5. The van der Waals surface area contributed by atoms with Crippen molar-refractivity contribution >= 4 is 13.1 Å². The molecule has 0 unspecified atom stereocenters. The molecule has 16 heavy (non-hydrogen) atoms. The molecule has 94 valence electrons. The fraction of sp³-hybridized carbons (Fsp3) is 0.889. The van der Waals surface area contributed by atoms with Gasteiger partial charge in [0.15, 0.2) is 0 Å². The van der Waals surface area contributed by atoms with Crippen molar-refractivity contribution in [1.82, 2.24) is 4.90 Å². The van der Waals surface area contributed by atoms with Crippen molar-refractivity contribution < 1.29 is 22.5 Å². The lowest BCUT2D eigenvalue weighted by atomic mass is 9.54. The van der Waals surface area contributed by atoms with Crippen LogP contribution >= 0.6 is 0 Å². The van der Waals surface area contributed by atoms with Crippen molar-refractivity contribution in [2.45, 2.75) is 38.6 Å². The van der Waals surface area contributed by atoms with Crippen molar-refractivity contribution in [3.63, 3.8) is 0 Å². The lowest BCUT2D eigenvalue weighted by Gasteiger charge is -2.53. The first-order valence-corrected chi connectivity index (χ1v) is 5.12. The minimum atomic E-state index is -4.91. The van der Waals surface area contributed by atoms with Gasteiger partial charge in [-0.25, -0.2) is 4.79 Å². The highest BCUT2D eigenvalue weighted by atomic mass is 19.4. The van der Waals surface area contributed by atoms with Crippen LogP contribution in [0.3, 0.4) is 0 Å². The minimum absolute atomic E-state index is 0.300. The van der Waals surface area contributed by atoms with Crippen LogP contribution in [0, 0.1) is 0 Å². The number of nitrogens with zero attached hydrogens (tertiary/aromatic N) is 1. The van der Waals surface area contributed by atoms with Gasteiger partial charge in [-0.15, -0.1) is 0 Å². The van der Waals surface area contributed by atoms with E-state index < -0.39 is 24.0 Å². The Hall–Kier alpha value is -0.875. The van der Waals surface area contributed by atoms with Crippen molar-refractivity contribution in [2.75, 3.05) is 13.1 Å². The fourth-order valence-electron chi connectivity index (χ4n) is 1.49. The summed E-state index contributed by atoms with van der Waals surface area (Å²) in [4.78, 5) is 12.5. The summed E-state index contributed by atoms with van der Waals surface area (Å²) in [5.41, 5.74) is -0.674. The van der Waals surface area contributed by atoms with Crippen molar-refractivity contribution in [2.24, 2.45) is 0 Å². The van der Waals surface area contributed by atoms with E-state index in [9.17, 15) is 17.7 Å². The van der Waals surface area contributed by atoms with E-state index in [4.69, 9.17) is 4.74 Å². The van der Waals surface area contributed by atoms with Crippen LogP contribution in [-0.4, -0.2) is 36.7 Å². The maximum atomic E-state index is 12.5. The Balaban J connectivity index is 2.51. The number of carbonyl (C=O) groups excluding carboxylic acids is 1. The molecule has 0 aromatic carbocycles. The molecular weight excluding hydrogens is 222 g/mol. The summed E-state index contributed by atoms with van der Waals surface area (Å²) in [5.74, 6) is 0. The number of likely N-dealkylation sites (tertiary alicyclic amines) is 1. The van der Waals surface area contributed by atoms with E-state index in [0.29, 0.717) is 0 Å². The van der Waals surface area contributed by atoms with Crippen molar-refractivity contribution in [1.29, 1.82) is 0 Å². The molecule has 0 aliphatic carbocycles. The second kappa shape index (κ2) is 3.57. The maximum Gasteiger partial charge on any atom is 0.487 e. The quantitative estimate of drug-likeness (QED) is 0.657. The molecule has 0 aromatic rings. The van der Waals surface area contributed by atoms with Gasteiger partial charge >= 0.3 is 13.1 Å². The number of halogens is 3. The third kappa shape index (κ3) is 2.62. The van der Waals surface area contributed by atoms with Gasteiger partial charge < -0.3 is 22.6 Å². The minimum Gasteiger partial charge on any atom is -0.448 e. The van der Waals surface area contributed by atoms with Crippen LogP contribution in [0.25, 0.3) is 0 Å². The molecule has 0 bridgehead atoms. The first-order chi connectivity index (χ1) is 6.95. The molecule has 1 aliphatic rings. The molecule has 0 radical (unpaired) electrons. The molecule has 0 saturated carbocycles. The van der Waals surface area contributed by atoms with Gasteiger partial charge in [-0.3, -0.25) is 0 Å². The first-order valence-electron chi connectivity index (χ1n) is 5.12. The van der Waals surface area contributed by atoms with Crippen LogP contribution < -0.4 is 0 Å². The number of hydrogen-bond acceptors (Lipinski definition) is 2. The van der Waals surface area contributed by atoms with E-state index in [-0.39, 0.29) is 13.1 Å². The average Bonchev–Trinajstić information content (AvgIpc) is 1.92. The Morgan fingerprint density at radius 1 is 1.31 bits per heavy atom. The highest BCUT2D eigenvalue weighted by molar-refractivity contribution is 6.62. The van der Waals surface area contributed by atoms with E-state index >= 15 is 0 Å². The van der Waals surface area contributed by atoms with Crippen LogP contribution in [-0.2, 0) is 4.74 Å². The van der Waals surface area contributed by atoms with Gasteiger partial charge in [-0.2, -0.15) is 0 Å². The SMILES string of the molecule is CC(C)(C)OC(=O)N1CC(C)([B-](F)(F)F)C1. The summed E-state index contributed by atoms with van der Waals surface area (Å²) in [7, 11) is 0. The zero-order chi connectivity index (χ0) is 12.8. The average molecular weight is 238 g/mol. The zero-order valence-corrected chi connectivity index (χ0v) is 9.89. The van der Waals surface area contributed by atoms with Crippen LogP contribution in [0.2, 0.25) is 5.31 Å². The molecule has 1 heterocycles. The number of ether oxygens (including phenoxy) is 1. The van der Waals surface area contributed by atoms with Gasteiger partial charge in [0, 0.05) is 13.1 Å². The van der Waals surface area contributed by atoms with Crippen LogP contribution in [0.5, 0.6) is 0 Å². The normalized spacial score (nSPS) is 20.3. The molecule has 1 amide bonds. The zero-order valence-electron chi connectivity index (χ0n) is 9.89. The van der Waals surface area contributed by atoms with E-state index in [0.717, 1.165) is 11.8 Å². The predicted octanol–water partition coefficient (Wildman–Crippen LogP) is 2.84. The monoisotopic (exact) mass is 238 g/mol. The molecule has 1 fully saturated rings. The van der Waals surface area contributed by atoms with Gasteiger partial charge in [0.05, 0.1) is 0 Å². The van der Waals surface area contributed by atoms with Gasteiger partial charge in [-0.1, -0.05) is 6.92 Å². The number of amides is 1. The van der Waals surface area contributed by atoms with Gasteiger partial charge in [-0.05, 0) is 26.1 Å². The van der Waals surface area contributed by atoms with Crippen LogP contribution in [0.1, 0.15) is 27.7 Å². The Morgan fingerprint density at radius 3 is 2.06 bits per heavy atom. The first kappa shape index (κ1) is 13.2. The fourth-order valence-corrected chi connectivity index (χ4v) is 1.49. The number of hydrogen-bond donors (Lipinski definition) is 0. The highest BCUT2D eigenvalue weighted by Crippen LogP contribution is 2.48. The third-order valence-electron chi connectivity index (χ3n) is 2.55. The molecule has 0 spiro atoms. The Kier molecular flexibility index (Phi) is 2.94. The summed E-state index contributed by atoms with van der Waals surface area (Å²) in [6, 6.07) is 0. The van der Waals surface area contributed by atoms with Gasteiger partial charge in [0.1, 0.15) is 5.60 Å². The molecule has 0 N–H and O–H groups in total. The lowest BCUT2D eigenvalue weighted by Crippen LogP contribution is -2.61. The molecule has 3 nitrogen and oxygen atoms in total. The Morgan fingerprint density at radius 2 is 1.75 bits per heavy atom. The molecule has 7 heteroatoms. The summed E-state index contributed by atoms with van der Waals surface area (Å²) < 4.78 is 42.6.